The van der Waals surface area contributed by atoms with Gasteiger partial charge in [-0.25, -0.2) is 0 Å². The smallest absolute Gasteiger partial charge is 0.315 e. The summed E-state index contributed by atoms with van der Waals surface area (Å²) >= 11 is 1.45. The van der Waals surface area contributed by atoms with Crippen molar-refractivity contribution in [1.29, 1.82) is 0 Å². The topological polar surface area (TPSA) is 72.8 Å². The van der Waals surface area contributed by atoms with Crippen molar-refractivity contribution in [2.24, 2.45) is 5.92 Å². The molecule has 34 heavy (non-hydrogen) atoms. The van der Waals surface area contributed by atoms with Gasteiger partial charge in [0, 0.05) is 0 Å². The molecule has 1 aliphatic carbocycles. The van der Waals surface area contributed by atoms with E-state index in [9.17, 15) is 14.7 Å². The second-order valence-electron chi connectivity index (χ2n) is 9.44. The number of esters is 2. The van der Waals surface area contributed by atoms with Crippen molar-refractivity contribution in [3.05, 3.63) is 11.6 Å². The van der Waals surface area contributed by atoms with E-state index in [1.54, 1.807) is 13.8 Å². The molecular weight excluding hydrogens is 448 g/mol. The Kier molecular flexibility index (Phi) is 18.4. The van der Waals surface area contributed by atoms with Gasteiger partial charge in [0.25, 0.3) is 0 Å². The molecule has 0 aromatic rings. The van der Waals surface area contributed by atoms with Crippen LogP contribution in [-0.4, -0.2) is 47.4 Å². The van der Waals surface area contributed by atoms with Crippen molar-refractivity contribution in [3.63, 3.8) is 0 Å². The van der Waals surface area contributed by atoms with Gasteiger partial charge in [0.05, 0.1) is 36.7 Å². The van der Waals surface area contributed by atoms with Gasteiger partial charge < -0.3 is 14.6 Å². The lowest BCUT2D eigenvalue weighted by Gasteiger charge is -2.36. The van der Waals surface area contributed by atoms with Crippen molar-refractivity contribution in [2.45, 2.75) is 128 Å². The molecule has 1 N–H and O–H groups in total. The first-order chi connectivity index (χ1) is 16.5. The summed E-state index contributed by atoms with van der Waals surface area (Å²) in [6.45, 7) is 6.57. The van der Waals surface area contributed by atoms with Gasteiger partial charge in [0.1, 0.15) is 0 Å². The van der Waals surface area contributed by atoms with Crippen LogP contribution in [0.5, 0.6) is 0 Å². The van der Waals surface area contributed by atoms with E-state index in [1.165, 1.54) is 81.5 Å². The van der Waals surface area contributed by atoms with Crippen LogP contribution >= 0.6 is 11.8 Å². The van der Waals surface area contributed by atoms with E-state index in [1.807, 2.05) is 0 Å². The van der Waals surface area contributed by atoms with Crippen LogP contribution in [0.3, 0.4) is 0 Å². The molecule has 0 saturated heterocycles. The van der Waals surface area contributed by atoms with Gasteiger partial charge in [0.2, 0.25) is 0 Å². The zero-order chi connectivity index (χ0) is 25.0. The number of hydrogen-bond acceptors (Lipinski definition) is 6. The monoisotopic (exact) mass is 498 g/mol. The third kappa shape index (κ3) is 13.8. The largest absolute Gasteiger partial charge is 0.466 e. The van der Waals surface area contributed by atoms with E-state index < -0.39 is 6.10 Å². The van der Waals surface area contributed by atoms with Crippen LogP contribution < -0.4 is 0 Å². The molecule has 3 atom stereocenters. The second-order valence-corrected chi connectivity index (χ2v) is 10.6. The molecule has 0 spiro atoms. The van der Waals surface area contributed by atoms with Gasteiger partial charge in [-0.15, -0.1) is 11.8 Å². The molecule has 0 aliphatic heterocycles. The van der Waals surface area contributed by atoms with Crippen molar-refractivity contribution in [2.75, 3.05) is 19.0 Å². The Bertz CT molecular complexity index is 577. The Labute approximate surface area is 212 Å². The first kappa shape index (κ1) is 31.0. The van der Waals surface area contributed by atoms with E-state index in [2.05, 4.69) is 13.0 Å². The standard InChI is InChI=1S/C28H50O5S/c1-4-7-8-9-10-11-12-13-14-15-16-17-18-23-19-20-24(21-25(29)32-5-2)27(31)28(23)34-22-26(30)33-6-3/h18,24,27-28,31H,4-17,19-22H2,1-3H3/t24-,27+,28-/m0/s1. The minimum atomic E-state index is -0.652. The van der Waals surface area contributed by atoms with Crippen molar-refractivity contribution in [3.8, 4) is 0 Å². The average molecular weight is 499 g/mol. The first-order valence-electron chi connectivity index (χ1n) is 13.8. The van der Waals surface area contributed by atoms with E-state index in [-0.39, 0.29) is 35.3 Å². The lowest BCUT2D eigenvalue weighted by molar-refractivity contribution is -0.145. The summed E-state index contributed by atoms with van der Waals surface area (Å²) in [6, 6.07) is 0. The summed E-state index contributed by atoms with van der Waals surface area (Å²) in [7, 11) is 0. The SMILES string of the molecule is CCCCCCCCCCCCCC=C1CC[C@@H](CC(=O)OCC)[C@@H](O)[C@H]1SCC(=O)OCC. The summed E-state index contributed by atoms with van der Waals surface area (Å²) in [5.74, 6) is -0.416. The number of ether oxygens (including phenoxy) is 2. The summed E-state index contributed by atoms with van der Waals surface area (Å²) in [4.78, 5) is 23.9. The summed E-state index contributed by atoms with van der Waals surface area (Å²) in [5, 5.41) is 10.9. The van der Waals surface area contributed by atoms with Crippen LogP contribution in [0.25, 0.3) is 0 Å². The number of unbranched alkanes of at least 4 members (excludes halogenated alkanes) is 11. The molecule has 1 fully saturated rings. The zero-order valence-electron chi connectivity index (χ0n) is 22.0. The van der Waals surface area contributed by atoms with Crippen molar-refractivity contribution >= 4 is 23.7 Å². The third-order valence-electron chi connectivity index (χ3n) is 6.60. The minimum Gasteiger partial charge on any atom is -0.466 e. The predicted octanol–water partition coefficient (Wildman–Crippen LogP) is 7.00. The molecule has 1 saturated carbocycles. The number of allylic oxidation sites excluding steroid dienone is 1. The van der Waals surface area contributed by atoms with Gasteiger partial charge in [-0.1, -0.05) is 82.8 Å². The summed E-state index contributed by atoms with van der Waals surface area (Å²) in [6.07, 6.45) is 19.1. The zero-order valence-corrected chi connectivity index (χ0v) is 22.8. The Morgan fingerprint density at radius 1 is 0.882 bits per heavy atom. The molecule has 0 amide bonds. The maximum Gasteiger partial charge on any atom is 0.315 e. The fourth-order valence-corrected chi connectivity index (χ4v) is 5.92. The van der Waals surface area contributed by atoms with Crippen molar-refractivity contribution < 1.29 is 24.2 Å². The Morgan fingerprint density at radius 2 is 1.44 bits per heavy atom. The highest BCUT2D eigenvalue weighted by molar-refractivity contribution is 8.00. The van der Waals surface area contributed by atoms with Gasteiger partial charge in [0.15, 0.2) is 0 Å². The number of hydrogen-bond donors (Lipinski definition) is 1. The Balaban J connectivity index is 2.43. The first-order valence-corrected chi connectivity index (χ1v) is 14.9. The highest BCUT2D eigenvalue weighted by Crippen LogP contribution is 2.38. The molecule has 0 unspecified atom stereocenters. The molecule has 0 heterocycles. The average Bonchev–Trinajstić information content (AvgIpc) is 2.81. The van der Waals surface area contributed by atoms with Crippen LogP contribution in [0.15, 0.2) is 11.6 Å². The molecule has 6 heteroatoms. The summed E-state index contributed by atoms with van der Waals surface area (Å²) in [5.41, 5.74) is 1.22. The molecule has 0 bridgehead atoms. The quantitative estimate of drug-likeness (QED) is 0.117. The Morgan fingerprint density at radius 3 is 2.03 bits per heavy atom. The second kappa shape index (κ2) is 20.2. The van der Waals surface area contributed by atoms with Crippen LogP contribution in [0, 0.1) is 5.92 Å². The number of aliphatic hydroxyl groups excluding tert-OH is 1. The molecule has 5 nitrogen and oxygen atoms in total. The number of thioether (sulfide) groups is 1. The predicted molar refractivity (Wildman–Crippen MR) is 142 cm³/mol. The minimum absolute atomic E-state index is 0.127. The van der Waals surface area contributed by atoms with Crippen LogP contribution in [0.1, 0.15) is 117 Å². The highest BCUT2D eigenvalue weighted by atomic mass is 32.2. The maximum absolute atomic E-state index is 12.0. The molecule has 1 rings (SSSR count). The van der Waals surface area contributed by atoms with Crippen molar-refractivity contribution in [1.82, 2.24) is 0 Å². The molecule has 0 radical (unpaired) electrons. The fourth-order valence-electron chi connectivity index (χ4n) is 4.67. The number of aliphatic hydroxyl groups is 1. The lowest BCUT2D eigenvalue weighted by Crippen LogP contribution is -2.39. The van der Waals surface area contributed by atoms with Crippen LogP contribution in [-0.2, 0) is 19.1 Å². The molecule has 1 aliphatic rings. The van der Waals surface area contributed by atoms with Gasteiger partial charge in [-0.3, -0.25) is 9.59 Å². The van der Waals surface area contributed by atoms with Gasteiger partial charge >= 0.3 is 11.9 Å². The highest BCUT2D eigenvalue weighted by Gasteiger charge is 2.36. The van der Waals surface area contributed by atoms with E-state index in [4.69, 9.17) is 9.47 Å². The number of rotatable bonds is 19. The third-order valence-corrected chi connectivity index (χ3v) is 7.94. The normalized spacial score (nSPS) is 21.5. The Hall–Kier alpha value is -1.01. The number of carbonyl (C=O) groups is 2. The maximum atomic E-state index is 12.0. The van der Waals surface area contributed by atoms with E-state index in [0.717, 1.165) is 25.7 Å². The van der Waals surface area contributed by atoms with Crippen LogP contribution in [0.4, 0.5) is 0 Å². The van der Waals surface area contributed by atoms with E-state index >= 15 is 0 Å². The van der Waals surface area contributed by atoms with E-state index in [0.29, 0.717) is 13.2 Å². The molecule has 0 aromatic heterocycles. The molecule has 198 valence electrons. The lowest BCUT2D eigenvalue weighted by atomic mass is 9.80. The molecular formula is C28H50O5S. The summed E-state index contributed by atoms with van der Waals surface area (Å²) < 4.78 is 10.2. The van der Waals surface area contributed by atoms with Gasteiger partial charge in [-0.2, -0.15) is 0 Å². The van der Waals surface area contributed by atoms with Gasteiger partial charge in [-0.05, 0) is 45.4 Å². The number of carbonyl (C=O) groups excluding carboxylic acids is 2. The van der Waals surface area contributed by atoms with Crippen LogP contribution in [0.2, 0.25) is 0 Å². The molecule has 0 aromatic carbocycles. The fraction of sp³-hybridized carbons (Fsp3) is 0.857.